The van der Waals surface area contributed by atoms with E-state index in [2.05, 4.69) is 5.32 Å². The molecule has 0 aliphatic carbocycles. The molecule has 0 bridgehead atoms. The van der Waals surface area contributed by atoms with Crippen LogP contribution in [0.1, 0.15) is 6.92 Å². The molecule has 3 N–H and O–H groups in total. The van der Waals surface area contributed by atoms with E-state index >= 15 is 0 Å². The minimum absolute atomic E-state index is 0.590. The minimum Gasteiger partial charge on any atom is -0.261 e. The maximum atomic E-state index is 9.87. The second-order valence-electron chi connectivity index (χ2n) is 1.65. The Hall–Kier alpha value is -0.680. The van der Waals surface area contributed by atoms with E-state index < -0.39 is 10.7 Å². The number of nitrogens with two attached hydrogens (primary N) is 1. The van der Waals surface area contributed by atoms with Gasteiger partial charge in [0.05, 0.1) is 4.92 Å². The van der Waals surface area contributed by atoms with Crippen LogP contribution >= 0.6 is 0 Å². The normalized spacial score (nSPS) is 17.4. The minimum atomic E-state index is -1.49. The van der Waals surface area contributed by atoms with E-state index in [0.29, 0.717) is 0 Å². The standard InChI is InChI=1S/C3H9N3O2/c1-3(4,5-2)6(7)8/h5H,4H2,1-2H3. The molecular formula is C3H9N3O2. The van der Waals surface area contributed by atoms with Gasteiger partial charge in [-0.2, -0.15) is 0 Å². The van der Waals surface area contributed by atoms with E-state index in [4.69, 9.17) is 5.73 Å². The van der Waals surface area contributed by atoms with Crippen molar-refractivity contribution in [3.05, 3.63) is 10.1 Å². The molecule has 0 amide bonds. The van der Waals surface area contributed by atoms with Crippen LogP contribution in [-0.4, -0.2) is 17.8 Å². The first-order valence-corrected chi connectivity index (χ1v) is 2.13. The maximum Gasteiger partial charge on any atom is 0.327 e. The Morgan fingerprint density at radius 2 is 2.25 bits per heavy atom. The van der Waals surface area contributed by atoms with Crippen LogP contribution in [0.3, 0.4) is 0 Å². The second-order valence-corrected chi connectivity index (χ2v) is 1.65. The lowest BCUT2D eigenvalue weighted by Crippen LogP contribution is -2.55. The number of rotatable bonds is 2. The summed E-state index contributed by atoms with van der Waals surface area (Å²) in [5, 5.41) is 12.2. The lowest BCUT2D eigenvalue weighted by atomic mass is 10.4. The first kappa shape index (κ1) is 7.32. The van der Waals surface area contributed by atoms with Crippen LogP contribution in [0.15, 0.2) is 0 Å². The van der Waals surface area contributed by atoms with Crippen molar-refractivity contribution in [3.63, 3.8) is 0 Å². The fourth-order valence-corrected chi connectivity index (χ4v) is 0.0913. The van der Waals surface area contributed by atoms with Gasteiger partial charge in [-0.05, 0) is 7.05 Å². The average Bonchev–Trinajstić information content (AvgIpc) is 1.67. The largest absolute Gasteiger partial charge is 0.327 e. The molecular weight excluding hydrogens is 110 g/mol. The predicted molar refractivity (Wildman–Crippen MR) is 28.6 cm³/mol. The second kappa shape index (κ2) is 2.06. The van der Waals surface area contributed by atoms with Gasteiger partial charge in [-0.1, -0.05) is 0 Å². The highest BCUT2D eigenvalue weighted by Gasteiger charge is 2.27. The maximum absolute atomic E-state index is 9.87. The zero-order valence-electron chi connectivity index (χ0n) is 4.84. The number of hydrogen-bond donors (Lipinski definition) is 2. The number of nitrogens with one attached hydrogen (secondary N) is 1. The van der Waals surface area contributed by atoms with Crippen molar-refractivity contribution >= 4 is 0 Å². The summed E-state index contributed by atoms with van der Waals surface area (Å²) in [6, 6.07) is 0. The van der Waals surface area contributed by atoms with E-state index in [1.807, 2.05) is 0 Å². The third-order valence-electron chi connectivity index (χ3n) is 0.885. The molecule has 0 aromatic rings. The van der Waals surface area contributed by atoms with Gasteiger partial charge >= 0.3 is 5.79 Å². The molecule has 0 radical (unpaired) electrons. The van der Waals surface area contributed by atoms with Crippen LogP contribution in [0.5, 0.6) is 0 Å². The van der Waals surface area contributed by atoms with Crippen molar-refractivity contribution in [3.8, 4) is 0 Å². The third kappa shape index (κ3) is 1.43. The Kier molecular flexibility index (Phi) is 1.88. The smallest absolute Gasteiger partial charge is 0.261 e. The van der Waals surface area contributed by atoms with E-state index in [0.717, 1.165) is 0 Å². The van der Waals surface area contributed by atoms with Gasteiger partial charge in [-0.25, -0.2) is 5.32 Å². The van der Waals surface area contributed by atoms with Gasteiger partial charge in [0, 0.05) is 6.92 Å². The van der Waals surface area contributed by atoms with Crippen LogP contribution in [0, 0.1) is 10.1 Å². The molecule has 0 aliphatic rings. The van der Waals surface area contributed by atoms with Crippen LogP contribution in [0.25, 0.3) is 0 Å². The molecule has 1 unspecified atom stereocenters. The summed E-state index contributed by atoms with van der Waals surface area (Å²) in [5.74, 6) is -1.49. The first-order valence-electron chi connectivity index (χ1n) is 2.13. The van der Waals surface area contributed by atoms with Crippen molar-refractivity contribution in [2.75, 3.05) is 7.05 Å². The van der Waals surface area contributed by atoms with Crippen molar-refractivity contribution in [2.24, 2.45) is 5.73 Å². The molecule has 0 heterocycles. The van der Waals surface area contributed by atoms with Crippen LogP contribution < -0.4 is 11.1 Å². The monoisotopic (exact) mass is 119 g/mol. The van der Waals surface area contributed by atoms with Crippen molar-refractivity contribution in [1.29, 1.82) is 0 Å². The Labute approximate surface area is 47.0 Å². The van der Waals surface area contributed by atoms with Gasteiger partial charge in [0.2, 0.25) is 0 Å². The molecule has 0 aromatic carbocycles. The topological polar surface area (TPSA) is 81.2 Å². The lowest BCUT2D eigenvalue weighted by molar-refractivity contribution is -0.571. The van der Waals surface area contributed by atoms with Gasteiger partial charge in [0.15, 0.2) is 0 Å². The van der Waals surface area contributed by atoms with Crippen molar-refractivity contribution in [1.82, 2.24) is 5.32 Å². The predicted octanol–water partition coefficient (Wildman–Crippen LogP) is -0.885. The van der Waals surface area contributed by atoms with Gasteiger partial charge in [-0.3, -0.25) is 15.8 Å². The van der Waals surface area contributed by atoms with Crippen LogP contribution in [0.4, 0.5) is 0 Å². The van der Waals surface area contributed by atoms with Crippen LogP contribution in [-0.2, 0) is 0 Å². The molecule has 0 saturated heterocycles. The molecule has 0 aromatic heterocycles. The SMILES string of the molecule is CNC(C)(N)[N+](=O)[O-]. The average molecular weight is 119 g/mol. The summed E-state index contributed by atoms with van der Waals surface area (Å²) < 4.78 is 0. The van der Waals surface area contributed by atoms with E-state index in [1.165, 1.54) is 14.0 Å². The zero-order valence-corrected chi connectivity index (χ0v) is 4.84. The summed E-state index contributed by atoms with van der Waals surface area (Å²) in [7, 11) is 1.43. The fourth-order valence-electron chi connectivity index (χ4n) is 0.0913. The molecule has 48 valence electrons. The third-order valence-corrected chi connectivity index (χ3v) is 0.885. The quantitative estimate of drug-likeness (QED) is 0.281. The number of nitro groups is 1. The van der Waals surface area contributed by atoms with Crippen molar-refractivity contribution < 1.29 is 4.92 Å². The summed E-state index contributed by atoms with van der Waals surface area (Å²) in [5.41, 5.74) is 5.05. The summed E-state index contributed by atoms with van der Waals surface area (Å²) in [6.07, 6.45) is 0. The lowest BCUT2D eigenvalue weighted by Gasteiger charge is -2.12. The molecule has 0 aliphatic heterocycles. The molecule has 8 heavy (non-hydrogen) atoms. The van der Waals surface area contributed by atoms with E-state index in [9.17, 15) is 10.1 Å². The van der Waals surface area contributed by atoms with Gasteiger partial charge in [0.25, 0.3) is 0 Å². The highest BCUT2D eigenvalue weighted by molar-refractivity contribution is 4.55. The number of nitrogens with zero attached hydrogens (tertiary/aromatic N) is 1. The van der Waals surface area contributed by atoms with Crippen molar-refractivity contribution in [2.45, 2.75) is 12.7 Å². The van der Waals surface area contributed by atoms with Gasteiger partial charge < -0.3 is 0 Å². The molecule has 0 rings (SSSR count). The van der Waals surface area contributed by atoms with Gasteiger partial charge in [-0.15, -0.1) is 0 Å². The highest BCUT2D eigenvalue weighted by atomic mass is 16.6. The number of hydrogen-bond acceptors (Lipinski definition) is 4. The zero-order chi connectivity index (χ0) is 6.78. The molecule has 0 fully saturated rings. The Morgan fingerprint density at radius 3 is 2.25 bits per heavy atom. The molecule has 5 heteroatoms. The van der Waals surface area contributed by atoms with E-state index in [-0.39, 0.29) is 0 Å². The highest BCUT2D eigenvalue weighted by Crippen LogP contribution is 1.89. The Balaban J connectivity index is 3.91. The molecule has 1 atom stereocenters. The fraction of sp³-hybridized carbons (Fsp3) is 1.00. The summed E-state index contributed by atoms with van der Waals surface area (Å²) in [4.78, 5) is 9.28. The summed E-state index contributed by atoms with van der Waals surface area (Å²) >= 11 is 0. The first-order chi connectivity index (χ1) is 3.50. The Morgan fingerprint density at radius 1 is 1.88 bits per heavy atom. The summed E-state index contributed by atoms with van der Waals surface area (Å²) in [6.45, 7) is 1.28. The molecule has 0 spiro atoms. The molecule has 5 nitrogen and oxygen atoms in total. The molecule has 0 saturated carbocycles. The van der Waals surface area contributed by atoms with E-state index in [1.54, 1.807) is 0 Å². The Bertz CT molecular complexity index is 101. The van der Waals surface area contributed by atoms with Gasteiger partial charge in [0.1, 0.15) is 0 Å². The van der Waals surface area contributed by atoms with Crippen LogP contribution in [0.2, 0.25) is 0 Å².